The molecule has 1 N–H and O–H groups in total. The molecule has 0 aliphatic rings. The molecule has 4 aromatic rings. The largest absolute Gasteiger partial charge is 0.318 e. The fraction of sp³-hybridized carbons (Fsp3) is 0. The van der Waals surface area contributed by atoms with Crippen LogP contribution in [0, 0.1) is 0 Å². The van der Waals surface area contributed by atoms with Gasteiger partial charge in [-0.3, -0.25) is 4.79 Å². The Morgan fingerprint density at radius 3 is 2.92 bits per heavy atom. The summed E-state index contributed by atoms with van der Waals surface area (Å²) in [7, 11) is 0. The van der Waals surface area contributed by atoms with E-state index in [0.717, 1.165) is 15.0 Å². The molecule has 0 aliphatic carbocycles. The average molecular weight is 400 g/mol. The number of carbonyl (C=O) groups is 1. The van der Waals surface area contributed by atoms with Crippen LogP contribution >= 0.6 is 27.3 Å². The highest BCUT2D eigenvalue weighted by Crippen LogP contribution is 2.26. The minimum Gasteiger partial charge on any atom is -0.318 e. The predicted molar refractivity (Wildman–Crippen MR) is 96.6 cm³/mol. The number of aromatic nitrogens is 4. The fourth-order valence-electron chi connectivity index (χ4n) is 2.26. The second-order valence-electron chi connectivity index (χ2n) is 4.91. The number of halogens is 1. The van der Waals surface area contributed by atoms with E-state index >= 15 is 0 Å². The summed E-state index contributed by atoms with van der Waals surface area (Å²) in [4.78, 5) is 21.9. The van der Waals surface area contributed by atoms with Crippen LogP contribution in [-0.4, -0.2) is 25.7 Å². The van der Waals surface area contributed by atoms with Gasteiger partial charge in [0, 0.05) is 23.1 Å². The topological polar surface area (TPSA) is 72.7 Å². The number of hydrogen-bond acceptors (Lipinski definition) is 5. The molecule has 1 amide bonds. The quantitative estimate of drug-likeness (QED) is 0.566. The summed E-state index contributed by atoms with van der Waals surface area (Å²) in [5, 5.41) is 7.50. The van der Waals surface area contributed by atoms with E-state index in [0.29, 0.717) is 16.2 Å². The lowest BCUT2D eigenvalue weighted by Gasteiger charge is -2.10. The Hall–Kier alpha value is -2.58. The van der Waals surface area contributed by atoms with Crippen LogP contribution in [0.15, 0.2) is 59.5 Å². The van der Waals surface area contributed by atoms with E-state index in [4.69, 9.17) is 0 Å². The molecule has 0 radical (unpaired) electrons. The maximum absolute atomic E-state index is 12.6. The summed E-state index contributed by atoms with van der Waals surface area (Å²) >= 11 is 4.69. The third kappa shape index (κ3) is 2.81. The van der Waals surface area contributed by atoms with E-state index < -0.39 is 0 Å². The number of hydrogen-bond donors (Lipinski definition) is 1. The van der Waals surface area contributed by atoms with Gasteiger partial charge in [0.25, 0.3) is 5.91 Å². The van der Waals surface area contributed by atoms with Crippen molar-refractivity contribution in [2.75, 3.05) is 5.32 Å². The number of rotatable bonds is 3. The van der Waals surface area contributed by atoms with Gasteiger partial charge < -0.3 is 5.32 Å². The van der Waals surface area contributed by atoms with Gasteiger partial charge in [-0.2, -0.15) is 5.10 Å². The van der Waals surface area contributed by atoms with Crippen LogP contribution in [0.5, 0.6) is 0 Å². The predicted octanol–water partition coefficient (Wildman–Crippen LogP) is 3.89. The molecule has 3 heterocycles. The van der Waals surface area contributed by atoms with E-state index in [1.54, 1.807) is 23.1 Å². The van der Waals surface area contributed by atoms with Crippen molar-refractivity contribution >= 4 is 49.2 Å². The van der Waals surface area contributed by atoms with E-state index in [1.807, 2.05) is 36.5 Å². The van der Waals surface area contributed by atoms with Gasteiger partial charge in [0.05, 0.1) is 11.4 Å². The number of pyridine rings is 1. The summed E-state index contributed by atoms with van der Waals surface area (Å²) in [6.07, 6.45) is 5.19. The smallest absolute Gasteiger partial charge is 0.284 e. The minimum atomic E-state index is -0.274. The SMILES string of the molecule is O=C(Nc1cc(Br)ccc1-n1cccn1)c1nc2cccnc2s1. The molecule has 3 aromatic heterocycles. The Bertz CT molecular complexity index is 995. The van der Waals surface area contributed by atoms with Crippen LogP contribution in [0.4, 0.5) is 5.69 Å². The van der Waals surface area contributed by atoms with Crippen molar-refractivity contribution in [3.8, 4) is 5.69 Å². The van der Waals surface area contributed by atoms with Gasteiger partial charge in [-0.1, -0.05) is 27.3 Å². The van der Waals surface area contributed by atoms with Gasteiger partial charge in [0.1, 0.15) is 10.3 Å². The summed E-state index contributed by atoms with van der Waals surface area (Å²) in [5.41, 5.74) is 2.13. The molecule has 0 aliphatic heterocycles. The molecule has 0 unspecified atom stereocenters. The van der Waals surface area contributed by atoms with Crippen LogP contribution in [0.2, 0.25) is 0 Å². The van der Waals surface area contributed by atoms with Crippen molar-refractivity contribution in [3.63, 3.8) is 0 Å². The Morgan fingerprint density at radius 1 is 1.21 bits per heavy atom. The maximum Gasteiger partial charge on any atom is 0.284 e. The molecule has 0 saturated heterocycles. The first kappa shape index (κ1) is 15.0. The highest BCUT2D eigenvalue weighted by Gasteiger charge is 2.15. The van der Waals surface area contributed by atoms with E-state index in [1.165, 1.54) is 11.3 Å². The fourth-order valence-corrected chi connectivity index (χ4v) is 3.43. The maximum atomic E-state index is 12.6. The van der Waals surface area contributed by atoms with Crippen LogP contribution in [0.1, 0.15) is 9.80 Å². The second-order valence-corrected chi connectivity index (χ2v) is 6.81. The lowest BCUT2D eigenvalue weighted by Crippen LogP contribution is -2.13. The highest BCUT2D eigenvalue weighted by atomic mass is 79.9. The molecule has 6 nitrogen and oxygen atoms in total. The van der Waals surface area contributed by atoms with Crippen molar-refractivity contribution in [3.05, 3.63) is 64.5 Å². The second kappa shape index (κ2) is 6.14. The Morgan fingerprint density at radius 2 is 2.12 bits per heavy atom. The first-order valence-electron chi connectivity index (χ1n) is 7.03. The highest BCUT2D eigenvalue weighted by molar-refractivity contribution is 9.10. The van der Waals surface area contributed by atoms with Crippen molar-refractivity contribution in [1.29, 1.82) is 0 Å². The number of fused-ring (bicyclic) bond motifs is 1. The first-order valence-corrected chi connectivity index (χ1v) is 8.64. The molecule has 0 bridgehead atoms. The molecular weight excluding hydrogens is 390 g/mol. The zero-order valence-electron chi connectivity index (χ0n) is 12.2. The molecule has 0 saturated carbocycles. The minimum absolute atomic E-state index is 0.274. The Labute approximate surface area is 149 Å². The Balaban J connectivity index is 1.69. The summed E-state index contributed by atoms with van der Waals surface area (Å²) in [6, 6.07) is 11.1. The van der Waals surface area contributed by atoms with Crippen molar-refractivity contribution in [1.82, 2.24) is 19.7 Å². The van der Waals surface area contributed by atoms with Crippen LogP contribution < -0.4 is 5.32 Å². The third-order valence-electron chi connectivity index (χ3n) is 3.32. The molecule has 0 atom stereocenters. The molecule has 4 rings (SSSR count). The Kier molecular flexibility index (Phi) is 3.83. The molecule has 24 heavy (non-hydrogen) atoms. The van der Waals surface area contributed by atoms with Crippen molar-refractivity contribution < 1.29 is 4.79 Å². The van der Waals surface area contributed by atoms with Crippen LogP contribution in [0.25, 0.3) is 16.0 Å². The van der Waals surface area contributed by atoms with Gasteiger partial charge in [-0.25, -0.2) is 14.6 Å². The number of anilines is 1. The average Bonchev–Trinajstić information content (AvgIpc) is 3.24. The number of nitrogens with zero attached hydrogens (tertiary/aromatic N) is 4. The van der Waals surface area contributed by atoms with Gasteiger partial charge in [0.2, 0.25) is 0 Å². The first-order chi connectivity index (χ1) is 11.7. The number of carbonyl (C=O) groups excluding carboxylic acids is 1. The molecule has 0 spiro atoms. The van der Waals surface area contributed by atoms with Crippen molar-refractivity contribution in [2.24, 2.45) is 0 Å². The standard InChI is InChI=1S/C16H10BrN5OS/c17-10-4-5-13(22-8-2-7-19-22)12(9-10)20-14(23)16-21-11-3-1-6-18-15(11)24-16/h1-9H,(H,20,23). The molecule has 8 heteroatoms. The van der Waals surface area contributed by atoms with E-state index in [2.05, 4.69) is 36.3 Å². The zero-order chi connectivity index (χ0) is 16.5. The van der Waals surface area contributed by atoms with Gasteiger partial charge in [-0.05, 0) is 36.4 Å². The monoisotopic (exact) mass is 399 g/mol. The summed E-state index contributed by atoms with van der Waals surface area (Å²) in [6.45, 7) is 0. The number of benzene rings is 1. The normalized spacial score (nSPS) is 10.9. The number of thiazole rings is 1. The number of nitrogens with one attached hydrogen (secondary N) is 1. The molecular formula is C16H10BrN5OS. The lowest BCUT2D eigenvalue weighted by atomic mass is 10.2. The van der Waals surface area contributed by atoms with Crippen molar-refractivity contribution in [2.45, 2.75) is 0 Å². The van der Waals surface area contributed by atoms with Gasteiger partial charge >= 0.3 is 0 Å². The summed E-state index contributed by atoms with van der Waals surface area (Å²) < 4.78 is 2.56. The van der Waals surface area contributed by atoms with Gasteiger partial charge in [0.15, 0.2) is 5.01 Å². The van der Waals surface area contributed by atoms with E-state index in [-0.39, 0.29) is 5.91 Å². The van der Waals surface area contributed by atoms with E-state index in [9.17, 15) is 4.79 Å². The van der Waals surface area contributed by atoms with Crippen LogP contribution in [0.3, 0.4) is 0 Å². The van der Waals surface area contributed by atoms with Gasteiger partial charge in [-0.15, -0.1) is 0 Å². The third-order valence-corrected chi connectivity index (χ3v) is 4.79. The molecule has 118 valence electrons. The molecule has 0 fully saturated rings. The zero-order valence-corrected chi connectivity index (χ0v) is 14.6. The lowest BCUT2D eigenvalue weighted by molar-refractivity contribution is 0.102. The molecule has 1 aromatic carbocycles. The van der Waals surface area contributed by atoms with Crippen LogP contribution in [-0.2, 0) is 0 Å². The summed E-state index contributed by atoms with van der Waals surface area (Å²) in [5.74, 6) is -0.274. The number of amides is 1.